The van der Waals surface area contributed by atoms with Gasteiger partial charge in [-0.05, 0) is 169 Å². The molecule has 0 spiro atoms. The fraction of sp³-hybridized carbons (Fsp3) is 0.283. The van der Waals surface area contributed by atoms with Crippen LogP contribution in [0.5, 0.6) is 0 Å². The molecule has 5 N–H and O–H groups in total. The van der Waals surface area contributed by atoms with Crippen molar-refractivity contribution in [2.75, 3.05) is 50.5 Å². The van der Waals surface area contributed by atoms with Crippen LogP contribution in [0.3, 0.4) is 0 Å². The van der Waals surface area contributed by atoms with Gasteiger partial charge in [0.2, 0.25) is 23.3 Å². The topological polar surface area (TPSA) is 232 Å². The van der Waals surface area contributed by atoms with Gasteiger partial charge in [0.05, 0.1) is 49.1 Å². The SMILES string of the molecule is CCOC(=O)c1cc2cc(NC(=O)CN(C)CCCCc3c[nH]c4ccc(C#N)cc34)ccc2o1.CCOC(=O)c1cc2cc(NC(=O)[C@H](C)NCCCc3c[nH]c4ccc(C#N)cc34)ccc2o1. The van der Waals surface area contributed by atoms with E-state index in [2.05, 4.69) is 38.1 Å². The number of likely N-dealkylation sites (N-methyl/N-ethyl adjacent to an activating group) is 1. The molecule has 0 fully saturated rings. The summed E-state index contributed by atoms with van der Waals surface area (Å²) in [5, 5.41) is 30.9. The summed E-state index contributed by atoms with van der Waals surface area (Å²) in [4.78, 5) is 57.3. The van der Waals surface area contributed by atoms with Crippen LogP contribution >= 0.6 is 0 Å². The summed E-state index contributed by atoms with van der Waals surface area (Å²) >= 11 is 0. The number of carbonyl (C=O) groups is 4. The predicted octanol–water partition coefficient (Wildman–Crippen LogP) is 9.37. The number of aryl methyl sites for hydroxylation is 2. The molecular formula is C53H54N8O8. The summed E-state index contributed by atoms with van der Waals surface area (Å²) in [7, 11) is 1.93. The maximum absolute atomic E-state index is 12.6. The van der Waals surface area contributed by atoms with Crippen LogP contribution < -0.4 is 16.0 Å². The number of hydrogen-bond acceptors (Lipinski definition) is 12. The largest absolute Gasteiger partial charge is 0.460 e. The van der Waals surface area contributed by atoms with E-state index in [1.807, 2.05) is 61.6 Å². The zero-order valence-electron chi connectivity index (χ0n) is 39.0. The van der Waals surface area contributed by atoms with Gasteiger partial charge in [0.15, 0.2) is 0 Å². The minimum atomic E-state index is -0.514. The number of carbonyl (C=O) groups excluding carboxylic acids is 4. The number of hydrogen-bond donors (Lipinski definition) is 5. The van der Waals surface area contributed by atoms with Gasteiger partial charge in [0.1, 0.15) is 11.2 Å². The fourth-order valence-electron chi connectivity index (χ4n) is 7.92. The molecule has 8 aromatic rings. The first kappa shape index (κ1) is 48.7. The second-order valence-corrected chi connectivity index (χ2v) is 16.6. The van der Waals surface area contributed by atoms with Crippen LogP contribution in [-0.2, 0) is 31.9 Å². The standard InChI is InChI=1S/C27H28N4O4.C26H26N4O4/c1-3-34-27(33)25-14-20-13-21(8-10-24(20)35-25)30-26(32)17-31(2)11-5-4-6-19-16-29-23-9-7-18(15-28)12-22(19)23;1-3-33-26(32)24-13-19-12-20(7-9-23(19)34-24)30-25(31)16(2)28-10-4-5-18-15-29-22-8-6-17(14-27)11-21(18)22/h7-10,12-14,16,29H,3-6,11,17H2,1-2H3,(H,30,32);6-9,11-13,15-16,28-29H,3-5,10H2,1-2H3,(H,30,31)/t;16-/m.0/s1. The number of furan rings is 2. The van der Waals surface area contributed by atoms with E-state index in [1.165, 1.54) is 5.56 Å². The molecule has 2 amide bonds. The van der Waals surface area contributed by atoms with Crippen LogP contribution in [0, 0.1) is 22.7 Å². The Morgan fingerprint density at radius 3 is 1.72 bits per heavy atom. The molecular weight excluding hydrogens is 877 g/mol. The highest BCUT2D eigenvalue weighted by molar-refractivity contribution is 5.99. The van der Waals surface area contributed by atoms with Crippen molar-refractivity contribution in [3.8, 4) is 12.1 Å². The molecule has 354 valence electrons. The van der Waals surface area contributed by atoms with E-state index in [-0.39, 0.29) is 49.1 Å². The van der Waals surface area contributed by atoms with Crippen molar-refractivity contribution in [1.29, 1.82) is 10.5 Å². The van der Waals surface area contributed by atoms with E-state index in [4.69, 9.17) is 28.8 Å². The minimum absolute atomic E-state index is 0.110. The van der Waals surface area contributed by atoms with Gasteiger partial charge in [0.25, 0.3) is 0 Å². The number of amides is 2. The van der Waals surface area contributed by atoms with Crippen LogP contribution in [0.15, 0.2) is 106 Å². The van der Waals surface area contributed by atoms with Crippen LogP contribution in [0.2, 0.25) is 0 Å². The Kier molecular flexibility index (Phi) is 16.3. The van der Waals surface area contributed by atoms with Crippen molar-refractivity contribution in [3.05, 3.63) is 131 Å². The van der Waals surface area contributed by atoms with Gasteiger partial charge >= 0.3 is 11.9 Å². The third kappa shape index (κ3) is 12.6. The number of rotatable bonds is 19. The third-order valence-electron chi connectivity index (χ3n) is 11.4. The quantitative estimate of drug-likeness (QED) is 0.0377. The molecule has 0 saturated heterocycles. The Balaban J connectivity index is 0.000000204. The number of ether oxygens (including phenoxy) is 2. The van der Waals surface area contributed by atoms with Crippen LogP contribution in [-0.4, -0.2) is 84.6 Å². The van der Waals surface area contributed by atoms with Gasteiger partial charge in [-0.25, -0.2) is 9.59 Å². The first-order valence-electron chi connectivity index (χ1n) is 22.9. The zero-order chi connectivity index (χ0) is 48.9. The normalized spacial score (nSPS) is 11.5. The molecule has 4 aromatic carbocycles. The molecule has 0 aliphatic heterocycles. The van der Waals surface area contributed by atoms with Gasteiger partial charge in [-0.1, -0.05) is 0 Å². The molecule has 16 nitrogen and oxygen atoms in total. The number of benzene rings is 4. The number of nitrogens with zero attached hydrogens (tertiary/aromatic N) is 3. The predicted molar refractivity (Wildman–Crippen MR) is 264 cm³/mol. The molecule has 0 aliphatic carbocycles. The molecule has 0 unspecified atom stereocenters. The van der Waals surface area contributed by atoms with Gasteiger partial charge < -0.3 is 44.2 Å². The van der Waals surface area contributed by atoms with Crippen molar-refractivity contribution in [2.24, 2.45) is 0 Å². The minimum Gasteiger partial charge on any atom is -0.460 e. The number of nitriles is 2. The summed E-state index contributed by atoms with van der Waals surface area (Å²) in [6, 6.07) is 29.0. The molecule has 0 aliphatic rings. The van der Waals surface area contributed by atoms with E-state index in [1.54, 1.807) is 68.4 Å². The smallest absolute Gasteiger partial charge is 0.374 e. The molecule has 16 heteroatoms. The first-order valence-corrected chi connectivity index (χ1v) is 22.9. The Hall–Kier alpha value is -8.18. The number of nitrogens with one attached hydrogen (secondary N) is 5. The van der Waals surface area contributed by atoms with Crippen molar-refractivity contribution in [1.82, 2.24) is 20.2 Å². The van der Waals surface area contributed by atoms with E-state index >= 15 is 0 Å². The Labute approximate surface area is 398 Å². The number of aromatic amines is 2. The lowest BCUT2D eigenvalue weighted by Gasteiger charge is -2.16. The van der Waals surface area contributed by atoms with Gasteiger partial charge in [-0.3, -0.25) is 14.5 Å². The number of esters is 2. The molecule has 0 saturated carbocycles. The fourth-order valence-corrected chi connectivity index (χ4v) is 7.92. The van der Waals surface area contributed by atoms with Crippen LogP contribution in [0.25, 0.3) is 43.7 Å². The molecule has 0 bridgehead atoms. The van der Waals surface area contributed by atoms with Gasteiger partial charge in [0, 0.05) is 56.3 Å². The average Bonchev–Trinajstić information content (AvgIpc) is 4.16. The van der Waals surface area contributed by atoms with E-state index in [9.17, 15) is 19.2 Å². The van der Waals surface area contributed by atoms with Crippen molar-refractivity contribution < 1.29 is 37.5 Å². The molecule has 69 heavy (non-hydrogen) atoms. The monoisotopic (exact) mass is 930 g/mol. The third-order valence-corrected chi connectivity index (χ3v) is 11.4. The highest BCUT2D eigenvalue weighted by atomic mass is 16.5. The van der Waals surface area contributed by atoms with E-state index in [0.717, 1.165) is 71.4 Å². The Morgan fingerprint density at radius 1 is 0.681 bits per heavy atom. The lowest BCUT2D eigenvalue weighted by Crippen LogP contribution is -2.38. The Bertz CT molecular complexity index is 3200. The van der Waals surface area contributed by atoms with Gasteiger partial charge in [-0.15, -0.1) is 0 Å². The number of aromatic nitrogens is 2. The van der Waals surface area contributed by atoms with Crippen LogP contribution in [0.1, 0.15) is 83.4 Å². The molecule has 4 aromatic heterocycles. The number of unbranched alkanes of at least 4 members (excludes halogenated alkanes) is 1. The summed E-state index contributed by atoms with van der Waals surface area (Å²) < 4.78 is 20.9. The number of anilines is 2. The summed E-state index contributed by atoms with van der Waals surface area (Å²) in [5.41, 5.74) is 8.08. The summed E-state index contributed by atoms with van der Waals surface area (Å²) in [6.07, 6.45) is 8.50. The number of H-pyrrole nitrogens is 2. The molecule has 1 atom stereocenters. The highest BCUT2D eigenvalue weighted by Gasteiger charge is 2.17. The summed E-state index contributed by atoms with van der Waals surface area (Å²) in [5.74, 6) is -1.01. The van der Waals surface area contributed by atoms with Crippen molar-refractivity contribution in [3.63, 3.8) is 0 Å². The highest BCUT2D eigenvalue weighted by Crippen LogP contribution is 2.26. The van der Waals surface area contributed by atoms with E-state index in [0.29, 0.717) is 45.6 Å². The average molecular weight is 931 g/mol. The maximum Gasteiger partial charge on any atom is 0.374 e. The lowest BCUT2D eigenvalue weighted by molar-refractivity contribution is -0.118. The van der Waals surface area contributed by atoms with Crippen LogP contribution in [0.4, 0.5) is 11.4 Å². The maximum atomic E-state index is 12.6. The molecule has 0 radical (unpaired) electrons. The molecule has 4 heterocycles. The van der Waals surface area contributed by atoms with Crippen molar-refractivity contribution in [2.45, 2.75) is 58.9 Å². The van der Waals surface area contributed by atoms with Crippen molar-refractivity contribution >= 4 is 78.9 Å². The second kappa shape index (κ2) is 23.0. The zero-order valence-corrected chi connectivity index (χ0v) is 39.0. The van der Waals surface area contributed by atoms with E-state index < -0.39 is 11.9 Å². The Morgan fingerprint density at radius 2 is 1.20 bits per heavy atom. The summed E-state index contributed by atoms with van der Waals surface area (Å²) in [6.45, 7) is 7.57. The number of fused-ring (bicyclic) bond motifs is 4. The first-order chi connectivity index (χ1) is 33.4. The second-order valence-electron chi connectivity index (χ2n) is 16.6. The lowest BCUT2D eigenvalue weighted by atomic mass is 10.1. The van der Waals surface area contributed by atoms with Gasteiger partial charge in [-0.2, -0.15) is 10.5 Å². The molecule has 8 rings (SSSR count).